The predicted molar refractivity (Wildman–Crippen MR) is 82.8 cm³/mol. The molecular weight excluding hydrogens is 278 g/mol. The second-order valence-corrected chi connectivity index (χ2v) is 5.10. The van der Waals surface area contributed by atoms with Gasteiger partial charge in [0.15, 0.2) is 0 Å². The summed E-state index contributed by atoms with van der Waals surface area (Å²) in [6.45, 7) is 1.94. The Balaban J connectivity index is 1.77. The summed E-state index contributed by atoms with van der Waals surface area (Å²) >= 11 is 0. The Morgan fingerprint density at radius 1 is 1.23 bits per heavy atom. The van der Waals surface area contributed by atoms with Crippen molar-refractivity contribution in [2.75, 3.05) is 7.05 Å². The maximum atomic E-state index is 12.5. The first-order valence-electron chi connectivity index (χ1n) is 7.07. The van der Waals surface area contributed by atoms with E-state index < -0.39 is 0 Å². The molecule has 3 aromatic rings. The SMILES string of the molecule is CC(c1ccco1)N(C)C(=O)c1ccc(-n2cccn2)cc1. The molecule has 1 aromatic carbocycles. The van der Waals surface area contributed by atoms with E-state index in [1.54, 1.807) is 29.1 Å². The van der Waals surface area contributed by atoms with Gasteiger partial charge in [-0.3, -0.25) is 4.79 Å². The summed E-state index contributed by atoms with van der Waals surface area (Å²) in [6.07, 6.45) is 5.20. The summed E-state index contributed by atoms with van der Waals surface area (Å²) in [6, 6.07) is 12.8. The lowest BCUT2D eigenvalue weighted by molar-refractivity contribution is 0.0726. The second-order valence-electron chi connectivity index (χ2n) is 5.10. The standard InChI is InChI=1S/C17H17N3O2/c1-13(16-5-3-12-22-16)19(2)17(21)14-6-8-15(9-7-14)20-11-4-10-18-20/h3-13H,1-2H3. The van der Waals surface area contributed by atoms with Crippen molar-refractivity contribution in [2.24, 2.45) is 0 Å². The summed E-state index contributed by atoms with van der Waals surface area (Å²) in [7, 11) is 1.77. The van der Waals surface area contributed by atoms with Gasteiger partial charge >= 0.3 is 0 Å². The molecule has 5 nitrogen and oxygen atoms in total. The number of nitrogens with zero attached hydrogens (tertiary/aromatic N) is 3. The first-order chi connectivity index (χ1) is 10.7. The van der Waals surface area contributed by atoms with Crippen LogP contribution in [0.1, 0.15) is 29.1 Å². The molecule has 1 unspecified atom stereocenters. The number of carbonyl (C=O) groups is 1. The molecule has 1 atom stereocenters. The van der Waals surface area contributed by atoms with Gasteiger partial charge in [-0.15, -0.1) is 0 Å². The second kappa shape index (κ2) is 5.89. The minimum atomic E-state index is -0.117. The van der Waals surface area contributed by atoms with Crippen molar-refractivity contribution in [3.05, 3.63) is 72.4 Å². The van der Waals surface area contributed by atoms with E-state index in [-0.39, 0.29) is 11.9 Å². The Morgan fingerprint density at radius 3 is 2.59 bits per heavy atom. The maximum absolute atomic E-state index is 12.5. The van der Waals surface area contributed by atoms with Crippen LogP contribution >= 0.6 is 0 Å². The predicted octanol–water partition coefficient (Wildman–Crippen LogP) is 3.30. The third-order valence-electron chi connectivity index (χ3n) is 3.74. The summed E-state index contributed by atoms with van der Waals surface area (Å²) in [5, 5.41) is 4.17. The third-order valence-corrected chi connectivity index (χ3v) is 3.74. The van der Waals surface area contributed by atoms with E-state index >= 15 is 0 Å². The van der Waals surface area contributed by atoms with E-state index in [0.29, 0.717) is 5.56 Å². The van der Waals surface area contributed by atoms with Crippen molar-refractivity contribution in [1.82, 2.24) is 14.7 Å². The number of rotatable bonds is 4. The van der Waals surface area contributed by atoms with E-state index in [2.05, 4.69) is 5.10 Å². The zero-order valence-corrected chi connectivity index (χ0v) is 12.5. The highest BCUT2D eigenvalue weighted by molar-refractivity contribution is 5.94. The van der Waals surface area contributed by atoms with Gasteiger partial charge in [0.05, 0.1) is 18.0 Å². The van der Waals surface area contributed by atoms with Gasteiger partial charge in [0.25, 0.3) is 5.91 Å². The lowest BCUT2D eigenvalue weighted by atomic mass is 10.1. The minimum Gasteiger partial charge on any atom is -0.467 e. The van der Waals surface area contributed by atoms with Gasteiger partial charge in [0, 0.05) is 25.0 Å². The number of benzene rings is 1. The highest BCUT2D eigenvalue weighted by Gasteiger charge is 2.20. The molecule has 1 amide bonds. The van der Waals surface area contributed by atoms with Crippen molar-refractivity contribution < 1.29 is 9.21 Å². The molecule has 0 bridgehead atoms. The van der Waals surface area contributed by atoms with Crippen LogP contribution in [0, 0.1) is 0 Å². The van der Waals surface area contributed by atoms with Gasteiger partial charge < -0.3 is 9.32 Å². The van der Waals surface area contributed by atoms with E-state index in [0.717, 1.165) is 11.4 Å². The van der Waals surface area contributed by atoms with E-state index in [1.165, 1.54) is 0 Å². The molecule has 0 fully saturated rings. The van der Waals surface area contributed by atoms with Crippen molar-refractivity contribution in [1.29, 1.82) is 0 Å². The topological polar surface area (TPSA) is 51.3 Å². The van der Waals surface area contributed by atoms with Gasteiger partial charge in [-0.05, 0) is 49.4 Å². The molecule has 0 aliphatic rings. The van der Waals surface area contributed by atoms with Crippen molar-refractivity contribution in [2.45, 2.75) is 13.0 Å². The largest absolute Gasteiger partial charge is 0.467 e. The van der Waals surface area contributed by atoms with Crippen LogP contribution < -0.4 is 0 Å². The Kier molecular flexibility index (Phi) is 3.78. The molecule has 0 spiro atoms. The molecule has 0 radical (unpaired) electrons. The number of amides is 1. The Morgan fingerprint density at radius 2 is 2.00 bits per heavy atom. The lowest BCUT2D eigenvalue weighted by Gasteiger charge is -2.23. The Labute approximate surface area is 128 Å². The number of hydrogen-bond acceptors (Lipinski definition) is 3. The van der Waals surface area contributed by atoms with E-state index in [9.17, 15) is 4.79 Å². The summed E-state index contributed by atoms with van der Waals surface area (Å²) < 4.78 is 7.12. The van der Waals surface area contributed by atoms with Crippen LogP contribution in [0.15, 0.2) is 65.5 Å². The molecule has 5 heteroatoms. The molecule has 0 saturated heterocycles. The monoisotopic (exact) mass is 295 g/mol. The van der Waals surface area contributed by atoms with Crippen LogP contribution in [0.5, 0.6) is 0 Å². The molecule has 22 heavy (non-hydrogen) atoms. The average Bonchev–Trinajstić information content (AvgIpc) is 3.26. The van der Waals surface area contributed by atoms with Crippen LogP contribution in [0.2, 0.25) is 0 Å². The normalized spacial score (nSPS) is 12.1. The smallest absolute Gasteiger partial charge is 0.254 e. The average molecular weight is 295 g/mol. The van der Waals surface area contributed by atoms with Crippen molar-refractivity contribution >= 4 is 5.91 Å². The van der Waals surface area contributed by atoms with Gasteiger partial charge in [-0.1, -0.05) is 0 Å². The van der Waals surface area contributed by atoms with Crippen molar-refractivity contribution in [3.8, 4) is 5.69 Å². The fourth-order valence-corrected chi connectivity index (χ4v) is 2.28. The number of furan rings is 1. The van der Waals surface area contributed by atoms with Crippen molar-refractivity contribution in [3.63, 3.8) is 0 Å². The quantitative estimate of drug-likeness (QED) is 0.742. The summed E-state index contributed by atoms with van der Waals surface area (Å²) in [5.41, 5.74) is 1.56. The molecule has 0 aliphatic carbocycles. The summed E-state index contributed by atoms with van der Waals surface area (Å²) in [4.78, 5) is 14.2. The first kappa shape index (κ1) is 14.1. The van der Waals surface area contributed by atoms with Gasteiger partial charge in [-0.25, -0.2) is 4.68 Å². The zero-order chi connectivity index (χ0) is 15.5. The molecule has 2 aromatic heterocycles. The van der Waals surface area contributed by atoms with Crippen LogP contribution in [0.25, 0.3) is 5.69 Å². The fourth-order valence-electron chi connectivity index (χ4n) is 2.28. The van der Waals surface area contributed by atoms with Crippen LogP contribution in [0.4, 0.5) is 0 Å². The Hall–Kier alpha value is -2.82. The lowest BCUT2D eigenvalue weighted by Crippen LogP contribution is -2.29. The Bertz CT molecular complexity index is 731. The fraction of sp³-hybridized carbons (Fsp3) is 0.176. The first-order valence-corrected chi connectivity index (χ1v) is 7.07. The highest BCUT2D eigenvalue weighted by atomic mass is 16.3. The number of carbonyl (C=O) groups excluding carboxylic acids is 1. The maximum Gasteiger partial charge on any atom is 0.254 e. The molecule has 0 saturated carbocycles. The van der Waals surface area contributed by atoms with Crippen LogP contribution in [-0.4, -0.2) is 27.6 Å². The molecule has 0 aliphatic heterocycles. The van der Waals surface area contributed by atoms with Gasteiger partial charge in [-0.2, -0.15) is 5.10 Å². The van der Waals surface area contributed by atoms with Crippen LogP contribution in [0.3, 0.4) is 0 Å². The van der Waals surface area contributed by atoms with Gasteiger partial charge in [0.2, 0.25) is 0 Å². The van der Waals surface area contributed by atoms with E-state index in [1.807, 2.05) is 55.6 Å². The van der Waals surface area contributed by atoms with E-state index in [4.69, 9.17) is 4.42 Å². The molecule has 0 N–H and O–H groups in total. The number of aromatic nitrogens is 2. The highest BCUT2D eigenvalue weighted by Crippen LogP contribution is 2.21. The molecule has 3 rings (SSSR count). The van der Waals surface area contributed by atoms with Gasteiger partial charge in [0.1, 0.15) is 5.76 Å². The zero-order valence-electron chi connectivity index (χ0n) is 12.5. The number of hydrogen-bond donors (Lipinski definition) is 0. The third kappa shape index (κ3) is 2.65. The molecular formula is C17H17N3O2. The van der Waals surface area contributed by atoms with Crippen LogP contribution in [-0.2, 0) is 0 Å². The minimum absolute atomic E-state index is 0.0454. The molecule has 2 heterocycles. The summed E-state index contributed by atoms with van der Waals surface area (Å²) in [5.74, 6) is 0.722. The molecule has 112 valence electrons.